The molecule has 0 spiro atoms. The van der Waals surface area contributed by atoms with E-state index in [1.807, 2.05) is 126 Å². The molecule has 4 rings (SSSR count). The topological polar surface area (TPSA) is 20.3 Å². The van der Waals surface area contributed by atoms with Crippen LogP contribution in [0.3, 0.4) is 0 Å². The van der Waals surface area contributed by atoms with Crippen LogP contribution in [0.4, 0.5) is 11.4 Å². The number of benzene rings is 4. The highest BCUT2D eigenvalue weighted by atomic mass is 31.2. The van der Waals surface area contributed by atoms with Gasteiger partial charge in [0.2, 0.25) is 7.14 Å². The molecule has 0 aliphatic carbocycles. The molecule has 0 heterocycles. The Kier molecular flexibility index (Phi) is 5.61. The third kappa shape index (κ3) is 4.16. The Morgan fingerprint density at radius 2 is 0.862 bits per heavy atom. The number of hydrogen-bond donors (Lipinski definition) is 0. The van der Waals surface area contributed by atoms with Gasteiger partial charge >= 0.3 is 0 Å². The maximum Gasteiger partial charge on any atom is 0.212 e. The van der Waals surface area contributed by atoms with Crippen LogP contribution in [-0.2, 0) is 4.57 Å². The molecule has 0 unspecified atom stereocenters. The molecular formula is C26H20NOP. The van der Waals surface area contributed by atoms with Crippen LogP contribution in [0.5, 0.6) is 0 Å². The lowest BCUT2D eigenvalue weighted by molar-refractivity contribution is 0.593. The van der Waals surface area contributed by atoms with Crippen molar-refractivity contribution in [3.05, 3.63) is 121 Å². The van der Waals surface area contributed by atoms with E-state index in [9.17, 15) is 4.57 Å². The lowest BCUT2D eigenvalue weighted by Crippen LogP contribution is -2.15. The largest absolute Gasteiger partial charge is 0.300 e. The zero-order valence-electron chi connectivity index (χ0n) is 15.8. The van der Waals surface area contributed by atoms with E-state index in [2.05, 4.69) is 11.7 Å². The Balaban J connectivity index is 1.86. The normalized spacial score (nSPS) is 10.6. The summed E-state index contributed by atoms with van der Waals surface area (Å²) in [4.78, 5) is 1.89. The van der Waals surface area contributed by atoms with E-state index >= 15 is 0 Å². The molecule has 0 saturated carbocycles. The molecule has 2 nitrogen and oxygen atoms in total. The summed E-state index contributed by atoms with van der Waals surface area (Å²) in [5, 5.41) is 1.47. The quantitative estimate of drug-likeness (QED) is 0.250. The molecule has 0 aliphatic heterocycles. The molecule has 140 valence electrons. The zero-order chi connectivity index (χ0) is 19.9. The first-order valence-corrected chi connectivity index (χ1v) is 11.1. The molecule has 4 aromatic carbocycles. The van der Waals surface area contributed by atoms with Gasteiger partial charge in [-0.05, 0) is 29.9 Å². The predicted molar refractivity (Wildman–Crippen MR) is 123 cm³/mol. The van der Waals surface area contributed by atoms with Crippen molar-refractivity contribution in [1.82, 2.24) is 0 Å². The van der Waals surface area contributed by atoms with Gasteiger partial charge in [0.1, 0.15) is 0 Å². The number of para-hydroxylation sites is 2. The summed E-state index contributed by atoms with van der Waals surface area (Å²) in [7, 11) is -3.12. The van der Waals surface area contributed by atoms with E-state index in [1.54, 1.807) is 0 Å². The van der Waals surface area contributed by atoms with Crippen molar-refractivity contribution in [2.75, 3.05) is 4.90 Å². The summed E-state index contributed by atoms with van der Waals surface area (Å²) < 4.78 is 14.2. The van der Waals surface area contributed by atoms with Crippen molar-refractivity contribution >= 4 is 29.1 Å². The molecule has 0 saturated heterocycles. The minimum absolute atomic E-state index is 0.736. The van der Waals surface area contributed by atoms with Gasteiger partial charge in [0.15, 0.2) is 0 Å². The minimum Gasteiger partial charge on any atom is -0.300 e. The number of rotatable bonds is 4. The highest BCUT2D eigenvalue weighted by molar-refractivity contribution is 7.83. The van der Waals surface area contributed by atoms with Crippen LogP contribution < -0.4 is 15.5 Å². The van der Waals surface area contributed by atoms with Gasteiger partial charge in [-0.3, -0.25) is 9.46 Å². The fraction of sp³-hybridized carbons (Fsp3) is 0. The van der Waals surface area contributed by atoms with Gasteiger partial charge in [-0.1, -0.05) is 97.1 Å². The molecular weight excluding hydrogens is 373 g/mol. The molecule has 0 bridgehead atoms. The Morgan fingerprint density at radius 1 is 0.517 bits per heavy atom. The van der Waals surface area contributed by atoms with Crippen molar-refractivity contribution in [3.63, 3.8) is 0 Å². The second kappa shape index (κ2) is 8.65. The maximum absolute atomic E-state index is 14.2. The summed E-state index contributed by atoms with van der Waals surface area (Å²) in [6.45, 7) is 0. The van der Waals surface area contributed by atoms with Gasteiger partial charge < -0.3 is 0 Å². The van der Waals surface area contributed by atoms with Crippen molar-refractivity contribution < 1.29 is 4.57 Å². The van der Waals surface area contributed by atoms with Crippen LogP contribution in [0.2, 0.25) is 0 Å². The molecule has 29 heavy (non-hydrogen) atoms. The molecule has 3 heteroatoms. The van der Waals surface area contributed by atoms with Gasteiger partial charge in [0, 0.05) is 16.7 Å². The summed E-state index contributed by atoms with van der Waals surface area (Å²) in [5.74, 6) is 0. The Morgan fingerprint density at radius 3 is 1.24 bits per heavy atom. The zero-order valence-corrected chi connectivity index (χ0v) is 16.7. The van der Waals surface area contributed by atoms with E-state index in [1.165, 1.54) is 0 Å². The number of nitrogens with zero attached hydrogens (tertiary/aromatic N) is 1. The molecule has 4 aromatic rings. The maximum atomic E-state index is 14.2. The number of hydrogen-bond acceptors (Lipinski definition) is 2. The average Bonchev–Trinajstić information content (AvgIpc) is 2.81. The SMILES string of the molecule is O=P(C#CN(c1ccccc1)c1ccccc1)(c1ccccc1)c1ccccc1. The van der Waals surface area contributed by atoms with Gasteiger partial charge in [0.25, 0.3) is 0 Å². The van der Waals surface area contributed by atoms with E-state index in [-0.39, 0.29) is 0 Å². The summed E-state index contributed by atoms with van der Waals surface area (Å²) in [5.41, 5.74) is 5.02. The summed E-state index contributed by atoms with van der Waals surface area (Å²) in [6.07, 6.45) is 0. The van der Waals surface area contributed by atoms with Crippen molar-refractivity contribution in [2.24, 2.45) is 0 Å². The molecule has 0 radical (unpaired) electrons. The molecule has 0 amide bonds. The van der Waals surface area contributed by atoms with Crippen LogP contribution >= 0.6 is 7.14 Å². The van der Waals surface area contributed by atoms with Gasteiger partial charge in [-0.2, -0.15) is 0 Å². The highest BCUT2D eigenvalue weighted by Crippen LogP contribution is 2.42. The van der Waals surface area contributed by atoms with Crippen LogP contribution in [0.1, 0.15) is 0 Å². The predicted octanol–water partition coefficient (Wildman–Crippen LogP) is 5.76. The fourth-order valence-electron chi connectivity index (χ4n) is 3.11. The minimum atomic E-state index is -3.12. The molecule has 0 N–H and O–H groups in total. The summed E-state index contributed by atoms with van der Waals surface area (Å²) in [6, 6.07) is 42.0. The van der Waals surface area contributed by atoms with Crippen LogP contribution in [0.25, 0.3) is 0 Å². The average molecular weight is 393 g/mol. The van der Waals surface area contributed by atoms with E-state index < -0.39 is 7.14 Å². The molecule has 0 aromatic heterocycles. The third-order valence-corrected chi connectivity index (χ3v) is 7.05. The lowest BCUT2D eigenvalue weighted by Gasteiger charge is -2.19. The van der Waals surface area contributed by atoms with Crippen LogP contribution in [-0.4, -0.2) is 0 Å². The smallest absolute Gasteiger partial charge is 0.212 e. The first-order valence-electron chi connectivity index (χ1n) is 9.42. The van der Waals surface area contributed by atoms with E-state index in [0.717, 1.165) is 22.0 Å². The molecule has 0 atom stereocenters. The lowest BCUT2D eigenvalue weighted by atomic mass is 10.2. The summed E-state index contributed by atoms with van der Waals surface area (Å²) >= 11 is 0. The Hall–Kier alpha value is -3.53. The third-order valence-electron chi connectivity index (χ3n) is 4.59. The Bertz CT molecular complexity index is 1080. The molecule has 0 aliphatic rings. The fourth-order valence-corrected chi connectivity index (χ4v) is 5.09. The van der Waals surface area contributed by atoms with Crippen molar-refractivity contribution in [2.45, 2.75) is 0 Å². The molecule has 0 fully saturated rings. The number of anilines is 2. The van der Waals surface area contributed by atoms with E-state index in [4.69, 9.17) is 0 Å². The first kappa shape index (κ1) is 18.8. The second-order valence-electron chi connectivity index (χ2n) is 6.51. The highest BCUT2D eigenvalue weighted by Gasteiger charge is 2.25. The second-order valence-corrected chi connectivity index (χ2v) is 8.99. The monoisotopic (exact) mass is 393 g/mol. The van der Waals surface area contributed by atoms with Gasteiger partial charge in [-0.25, -0.2) is 0 Å². The van der Waals surface area contributed by atoms with Crippen molar-refractivity contribution in [1.29, 1.82) is 0 Å². The van der Waals surface area contributed by atoms with Gasteiger partial charge in [-0.15, -0.1) is 0 Å². The van der Waals surface area contributed by atoms with Crippen LogP contribution in [0.15, 0.2) is 121 Å². The van der Waals surface area contributed by atoms with E-state index in [0.29, 0.717) is 0 Å². The Labute approximate surface area is 171 Å². The first-order chi connectivity index (χ1) is 14.3. The standard InChI is InChI=1S/C26H20NOP/c28-29(25-17-9-3-10-18-25,26-19-11-4-12-20-26)22-21-27(23-13-5-1-6-14-23)24-15-7-2-8-16-24/h1-20H. The van der Waals surface area contributed by atoms with Gasteiger partial charge in [0.05, 0.1) is 11.4 Å². The van der Waals surface area contributed by atoms with Crippen LogP contribution in [0, 0.1) is 11.7 Å². The van der Waals surface area contributed by atoms with Crippen molar-refractivity contribution in [3.8, 4) is 11.7 Å².